The highest BCUT2D eigenvalue weighted by molar-refractivity contribution is 7.85. The number of aromatic nitrogens is 3. The van der Waals surface area contributed by atoms with E-state index < -0.39 is 65.0 Å². The van der Waals surface area contributed by atoms with E-state index in [1.807, 2.05) is 5.01 Å². The average molecular weight is 572 g/mol. The van der Waals surface area contributed by atoms with Gasteiger partial charge in [0, 0.05) is 6.20 Å². The minimum Gasteiger partial charge on any atom is -0.387 e. The number of aliphatic hydroxyl groups excluding tert-OH is 2. The van der Waals surface area contributed by atoms with E-state index in [0.717, 1.165) is 31.9 Å². The van der Waals surface area contributed by atoms with Gasteiger partial charge in [0.2, 0.25) is 5.95 Å². The Morgan fingerprint density at radius 1 is 1.23 bits per heavy atom. The molecular weight excluding hydrogens is 539 g/mol. The minimum atomic E-state index is -4.73. The number of amides is 1. The van der Waals surface area contributed by atoms with Gasteiger partial charge in [-0.2, -0.15) is 17.8 Å². The smallest absolute Gasteiger partial charge is 0.362 e. The molecule has 0 aliphatic carbocycles. The molecule has 1 amide bonds. The molecule has 4 heterocycles. The summed E-state index contributed by atoms with van der Waals surface area (Å²) in [5, 5.41) is 23.1. The van der Waals surface area contributed by atoms with E-state index >= 15 is 0 Å². The Morgan fingerprint density at radius 3 is 2.56 bits per heavy atom. The zero-order valence-electron chi connectivity index (χ0n) is 21.6. The summed E-state index contributed by atoms with van der Waals surface area (Å²) in [5.41, 5.74) is 6.37. The van der Waals surface area contributed by atoms with E-state index in [2.05, 4.69) is 35.7 Å². The summed E-state index contributed by atoms with van der Waals surface area (Å²) >= 11 is 0. The second-order valence-corrected chi connectivity index (χ2v) is 10.4. The third-order valence-electron chi connectivity index (χ3n) is 7.13. The molecule has 2 aliphatic heterocycles. The van der Waals surface area contributed by atoms with Crippen molar-refractivity contribution in [3.8, 4) is 0 Å². The summed E-state index contributed by atoms with van der Waals surface area (Å²) in [7, 11) is -4.73. The number of aliphatic imine (C=N–C) groups is 1. The van der Waals surface area contributed by atoms with Gasteiger partial charge in [-0.05, 0) is 32.9 Å². The lowest BCUT2D eigenvalue weighted by Gasteiger charge is -2.46. The molecule has 39 heavy (non-hydrogen) atoms. The van der Waals surface area contributed by atoms with Crippen LogP contribution in [0.15, 0.2) is 29.6 Å². The lowest BCUT2D eigenvalue weighted by atomic mass is 10.1. The molecule has 0 aromatic carbocycles. The maximum absolute atomic E-state index is 13.7. The number of imidazole rings is 1. The van der Waals surface area contributed by atoms with Crippen LogP contribution in [0.4, 0.5) is 10.2 Å². The quantitative estimate of drug-likeness (QED) is 0.211. The Balaban J connectivity index is 1.45. The Bertz CT molecular complexity index is 1330. The molecule has 4 rings (SSSR count). The van der Waals surface area contributed by atoms with Crippen LogP contribution in [-0.4, -0.2) is 99.6 Å². The van der Waals surface area contributed by atoms with Gasteiger partial charge >= 0.3 is 10.3 Å². The molecular formula is C22H32FN8O7S+. The van der Waals surface area contributed by atoms with Gasteiger partial charge in [0.1, 0.15) is 30.3 Å². The summed E-state index contributed by atoms with van der Waals surface area (Å²) < 4.78 is 52.2. The van der Waals surface area contributed by atoms with Crippen LogP contribution in [0.3, 0.4) is 0 Å². The van der Waals surface area contributed by atoms with Crippen molar-refractivity contribution in [3.63, 3.8) is 0 Å². The molecule has 0 bridgehead atoms. The van der Waals surface area contributed by atoms with Gasteiger partial charge in [0.25, 0.3) is 5.91 Å². The van der Waals surface area contributed by atoms with Gasteiger partial charge in [-0.25, -0.2) is 24.3 Å². The Labute approximate surface area is 224 Å². The van der Waals surface area contributed by atoms with E-state index in [9.17, 15) is 27.8 Å². The Hall–Kier alpha value is -3.06. The number of ether oxygens (including phenoxy) is 1. The number of nitrogens with zero attached hydrogens (tertiary/aromatic N) is 6. The van der Waals surface area contributed by atoms with Crippen LogP contribution < -0.4 is 10.5 Å². The maximum Gasteiger partial charge on any atom is 0.362 e. The SMILES string of the molecule is CC[N+](CC)(CC)N1C=Nc2c(ncn2[C@@H]2O[C@H](COS(=O)(=O)NC(=O)c3cccnc3F)C(O)C2O)C1N. The van der Waals surface area contributed by atoms with Crippen LogP contribution in [-0.2, 0) is 19.2 Å². The molecule has 0 spiro atoms. The summed E-state index contributed by atoms with van der Waals surface area (Å²) in [6, 6.07) is 2.30. The number of halogens is 1. The molecule has 1 fully saturated rings. The molecule has 15 nitrogen and oxygen atoms in total. The van der Waals surface area contributed by atoms with E-state index in [1.54, 1.807) is 11.1 Å². The number of nitrogens with two attached hydrogens (primary N) is 1. The second kappa shape index (κ2) is 11.2. The van der Waals surface area contributed by atoms with E-state index in [-0.39, 0.29) is 0 Å². The minimum absolute atomic E-state index is 0.316. The van der Waals surface area contributed by atoms with Gasteiger partial charge in [-0.1, -0.05) is 0 Å². The fourth-order valence-corrected chi connectivity index (χ4v) is 5.46. The molecule has 0 radical (unpaired) electrons. The molecule has 3 unspecified atom stereocenters. The highest BCUT2D eigenvalue weighted by Crippen LogP contribution is 2.38. The largest absolute Gasteiger partial charge is 0.387 e. The number of carbonyl (C=O) groups excluding carboxylic acids is 1. The number of pyridine rings is 1. The van der Waals surface area contributed by atoms with Gasteiger partial charge in [0.05, 0.1) is 38.1 Å². The third kappa shape index (κ3) is 5.38. The van der Waals surface area contributed by atoms with E-state index in [1.165, 1.54) is 17.0 Å². The maximum atomic E-state index is 13.7. The van der Waals surface area contributed by atoms with Crippen molar-refractivity contribution in [1.29, 1.82) is 0 Å². The predicted octanol–water partition coefficient (Wildman–Crippen LogP) is -0.548. The zero-order chi connectivity index (χ0) is 28.5. The molecule has 5 atom stereocenters. The van der Waals surface area contributed by atoms with Crippen molar-refractivity contribution >= 4 is 28.4 Å². The first-order valence-electron chi connectivity index (χ1n) is 12.3. The third-order valence-corrected chi connectivity index (χ3v) is 8.02. The number of nitrogens with one attached hydrogen (secondary N) is 1. The fraction of sp³-hybridized carbons (Fsp3) is 0.545. The van der Waals surface area contributed by atoms with Gasteiger partial charge < -0.3 is 20.7 Å². The number of fused-ring (bicyclic) bond motifs is 1. The standard InChI is InChI=1S/C22H31FN8O7S/c1-4-31(5-2,6-3)30-12-27-20-15(19(30)24)26-11-29(20)22-17(33)16(32)14(38-22)10-37-39(35,36)28-21(34)13-8-7-9-25-18(13)23/h7-9,11-12,14,16-17,19,22,32-33H,4-6,10,24H2,1-3H3/p+1/t14-,16?,17?,19?,22-/m1/s1. The lowest BCUT2D eigenvalue weighted by Crippen LogP contribution is -2.62. The molecule has 2 aromatic rings. The van der Waals surface area contributed by atoms with Crippen molar-refractivity contribution in [3.05, 3.63) is 41.9 Å². The van der Waals surface area contributed by atoms with Crippen molar-refractivity contribution < 1.29 is 41.3 Å². The summed E-state index contributed by atoms with van der Waals surface area (Å²) in [4.78, 5) is 24.3. The number of rotatable bonds is 10. The Kier molecular flexibility index (Phi) is 8.31. The van der Waals surface area contributed by atoms with Gasteiger partial charge in [0.15, 0.2) is 18.2 Å². The molecule has 2 aromatic heterocycles. The molecule has 17 heteroatoms. The highest BCUT2D eigenvalue weighted by Gasteiger charge is 2.47. The summed E-state index contributed by atoms with van der Waals surface area (Å²) in [6.45, 7) is 7.74. The van der Waals surface area contributed by atoms with Crippen LogP contribution in [0.2, 0.25) is 0 Å². The van der Waals surface area contributed by atoms with Crippen LogP contribution >= 0.6 is 0 Å². The van der Waals surface area contributed by atoms with Crippen molar-refractivity contribution in [2.75, 3.05) is 26.2 Å². The van der Waals surface area contributed by atoms with Crippen molar-refractivity contribution in [1.82, 2.24) is 24.3 Å². The van der Waals surface area contributed by atoms with Crippen LogP contribution in [0.1, 0.15) is 49.2 Å². The lowest BCUT2D eigenvalue weighted by molar-refractivity contribution is -1.02. The Morgan fingerprint density at radius 2 is 1.92 bits per heavy atom. The van der Waals surface area contributed by atoms with Crippen LogP contribution in [0.5, 0.6) is 0 Å². The van der Waals surface area contributed by atoms with Crippen LogP contribution in [0, 0.1) is 5.95 Å². The molecule has 0 saturated carbocycles. The number of carbonyl (C=O) groups is 1. The predicted molar refractivity (Wildman–Crippen MR) is 133 cm³/mol. The van der Waals surface area contributed by atoms with E-state index in [0.29, 0.717) is 16.1 Å². The normalized spacial score (nSPS) is 25.1. The second-order valence-electron chi connectivity index (χ2n) is 9.03. The van der Waals surface area contributed by atoms with Gasteiger partial charge in [-0.15, -0.1) is 0 Å². The summed E-state index contributed by atoms with van der Waals surface area (Å²) in [5.74, 6) is -2.14. The number of hydrogen-bond acceptors (Lipinski definition) is 12. The number of hydrogen-bond donors (Lipinski definition) is 4. The molecule has 1 saturated heterocycles. The van der Waals surface area contributed by atoms with E-state index in [4.69, 9.17) is 14.7 Å². The van der Waals surface area contributed by atoms with Crippen molar-refractivity contribution in [2.45, 2.75) is 51.5 Å². The first kappa shape index (κ1) is 28.9. The first-order valence-corrected chi connectivity index (χ1v) is 13.7. The van der Waals surface area contributed by atoms with Crippen LogP contribution in [0.25, 0.3) is 0 Å². The first-order chi connectivity index (χ1) is 18.5. The average Bonchev–Trinajstić information content (AvgIpc) is 3.46. The number of quaternary nitrogens is 1. The fourth-order valence-electron chi connectivity index (χ4n) is 4.75. The molecule has 2 aliphatic rings. The van der Waals surface area contributed by atoms with Crippen molar-refractivity contribution in [2.24, 2.45) is 10.7 Å². The number of aliphatic hydroxyl groups is 2. The highest BCUT2D eigenvalue weighted by atomic mass is 32.2. The zero-order valence-corrected chi connectivity index (χ0v) is 22.4. The monoisotopic (exact) mass is 571 g/mol. The van der Waals surface area contributed by atoms with Gasteiger partial charge in [-0.3, -0.25) is 13.5 Å². The molecule has 214 valence electrons. The molecule has 5 N–H and O–H groups in total. The topological polar surface area (TPSA) is 194 Å². The summed E-state index contributed by atoms with van der Waals surface area (Å²) in [6.07, 6.45) is -2.12.